The normalized spacial score (nSPS) is 14.3. The van der Waals surface area contributed by atoms with Crippen LogP contribution in [-0.4, -0.2) is 36.0 Å². The van der Waals surface area contributed by atoms with E-state index in [-0.39, 0.29) is 36.9 Å². The molecule has 1 atom stereocenters. The van der Waals surface area contributed by atoms with Gasteiger partial charge in [0.1, 0.15) is 5.78 Å². The van der Waals surface area contributed by atoms with Crippen molar-refractivity contribution in [1.29, 1.82) is 0 Å². The predicted molar refractivity (Wildman–Crippen MR) is 56.7 cm³/mol. The SMILES string of the molecule is CNNC(=O)CCP(=O)(O)CCC(C)=O. The first kappa shape index (κ1) is 14.3. The number of carbonyl (C=O) groups is 2. The number of amides is 1. The molecule has 0 saturated heterocycles. The van der Waals surface area contributed by atoms with Crippen molar-refractivity contribution < 1.29 is 19.0 Å². The number of rotatable bonds is 7. The van der Waals surface area contributed by atoms with Gasteiger partial charge in [0.05, 0.1) is 0 Å². The number of hydrogen-bond acceptors (Lipinski definition) is 4. The monoisotopic (exact) mass is 236 g/mol. The summed E-state index contributed by atoms with van der Waals surface area (Å²) in [5.41, 5.74) is 4.72. The van der Waals surface area contributed by atoms with Gasteiger partial charge in [0, 0.05) is 32.2 Å². The Labute approximate surface area is 88.9 Å². The highest BCUT2D eigenvalue weighted by Gasteiger charge is 2.19. The Hall–Kier alpha value is -0.710. The van der Waals surface area contributed by atoms with Gasteiger partial charge in [-0.2, -0.15) is 0 Å². The van der Waals surface area contributed by atoms with Gasteiger partial charge in [0.25, 0.3) is 0 Å². The number of hydrogen-bond donors (Lipinski definition) is 3. The molecule has 0 fully saturated rings. The first-order chi connectivity index (χ1) is 6.87. The van der Waals surface area contributed by atoms with Crippen LogP contribution in [0.2, 0.25) is 0 Å². The summed E-state index contributed by atoms with van der Waals surface area (Å²) >= 11 is 0. The number of ketones is 1. The van der Waals surface area contributed by atoms with Crippen molar-refractivity contribution in [2.75, 3.05) is 19.4 Å². The van der Waals surface area contributed by atoms with Gasteiger partial charge in [-0.25, -0.2) is 5.43 Å². The first-order valence-electron chi connectivity index (χ1n) is 4.63. The van der Waals surface area contributed by atoms with Crippen LogP contribution in [0.3, 0.4) is 0 Å². The minimum Gasteiger partial charge on any atom is -0.344 e. The van der Waals surface area contributed by atoms with Crippen molar-refractivity contribution in [2.24, 2.45) is 0 Å². The molecule has 0 rings (SSSR count). The van der Waals surface area contributed by atoms with Crippen LogP contribution in [0, 0.1) is 0 Å². The highest BCUT2D eigenvalue weighted by Crippen LogP contribution is 2.41. The molecule has 1 amide bonds. The molecule has 0 heterocycles. The third-order valence-corrected chi connectivity index (χ3v) is 3.61. The summed E-state index contributed by atoms with van der Waals surface area (Å²) in [6.45, 7) is 1.37. The molecule has 0 aromatic carbocycles. The molecule has 0 aliphatic rings. The fourth-order valence-electron chi connectivity index (χ4n) is 0.922. The second-order valence-electron chi connectivity index (χ2n) is 3.29. The van der Waals surface area contributed by atoms with Crippen molar-refractivity contribution in [3.63, 3.8) is 0 Å². The van der Waals surface area contributed by atoms with Crippen molar-refractivity contribution in [2.45, 2.75) is 19.8 Å². The van der Waals surface area contributed by atoms with Crippen LogP contribution >= 0.6 is 7.37 Å². The fourth-order valence-corrected chi connectivity index (χ4v) is 2.36. The van der Waals surface area contributed by atoms with Crippen molar-refractivity contribution >= 4 is 19.1 Å². The van der Waals surface area contributed by atoms with Gasteiger partial charge in [-0.15, -0.1) is 0 Å². The lowest BCUT2D eigenvalue weighted by molar-refractivity contribution is -0.121. The Morgan fingerprint density at radius 1 is 1.27 bits per heavy atom. The zero-order valence-electron chi connectivity index (χ0n) is 8.95. The maximum Gasteiger partial charge on any atom is 0.234 e. The van der Waals surface area contributed by atoms with E-state index in [1.807, 2.05) is 0 Å². The smallest absolute Gasteiger partial charge is 0.234 e. The van der Waals surface area contributed by atoms with Crippen molar-refractivity contribution in [3.05, 3.63) is 0 Å². The lowest BCUT2D eigenvalue weighted by Crippen LogP contribution is -2.34. The molecule has 0 radical (unpaired) electrons. The molecule has 0 aliphatic heterocycles. The molecule has 0 bridgehead atoms. The highest BCUT2D eigenvalue weighted by atomic mass is 31.2. The first-order valence-corrected chi connectivity index (χ1v) is 6.66. The molecule has 88 valence electrons. The summed E-state index contributed by atoms with van der Waals surface area (Å²) in [6, 6.07) is 0. The Morgan fingerprint density at radius 2 is 1.80 bits per heavy atom. The van der Waals surface area contributed by atoms with Crippen molar-refractivity contribution in [3.8, 4) is 0 Å². The summed E-state index contributed by atoms with van der Waals surface area (Å²) in [6.07, 6.45) is -0.0725. The van der Waals surface area contributed by atoms with Crippen LogP contribution in [0.5, 0.6) is 0 Å². The maximum atomic E-state index is 11.4. The van der Waals surface area contributed by atoms with E-state index >= 15 is 0 Å². The van der Waals surface area contributed by atoms with Gasteiger partial charge in [-0.3, -0.25) is 14.8 Å². The molecule has 1 unspecified atom stereocenters. The van der Waals surface area contributed by atoms with Gasteiger partial charge in [0.15, 0.2) is 0 Å². The molecule has 0 aliphatic carbocycles. The van der Waals surface area contributed by atoms with E-state index in [1.54, 1.807) is 0 Å². The van der Waals surface area contributed by atoms with Crippen LogP contribution < -0.4 is 10.9 Å². The van der Waals surface area contributed by atoms with E-state index in [1.165, 1.54) is 14.0 Å². The summed E-state index contributed by atoms with van der Waals surface area (Å²) in [4.78, 5) is 30.9. The molecule has 6 nitrogen and oxygen atoms in total. The Bertz CT molecular complexity index is 280. The van der Waals surface area contributed by atoms with Crippen molar-refractivity contribution in [1.82, 2.24) is 10.9 Å². The molecule has 0 saturated carbocycles. The topological polar surface area (TPSA) is 95.5 Å². The fraction of sp³-hybridized carbons (Fsp3) is 0.750. The van der Waals surface area contributed by atoms with Gasteiger partial charge in [-0.1, -0.05) is 0 Å². The van der Waals surface area contributed by atoms with Crippen LogP contribution in [0.25, 0.3) is 0 Å². The lowest BCUT2D eigenvalue weighted by atomic mass is 10.4. The van der Waals surface area contributed by atoms with E-state index in [9.17, 15) is 19.0 Å². The largest absolute Gasteiger partial charge is 0.344 e. The second kappa shape index (κ2) is 6.71. The maximum absolute atomic E-state index is 11.4. The molecular formula is C8H17N2O4P. The number of carbonyl (C=O) groups excluding carboxylic acids is 2. The average molecular weight is 236 g/mol. The number of nitrogens with one attached hydrogen (secondary N) is 2. The quantitative estimate of drug-likeness (QED) is 0.423. The third kappa shape index (κ3) is 8.30. The molecular weight excluding hydrogens is 219 g/mol. The minimum absolute atomic E-state index is 0.0213. The molecule has 0 spiro atoms. The second-order valence-corrected chi connectivity index (χ2v) is 5.88. The van der Waals surface area contributed by atoms with E-state index in [0.29, 0.717) is 0 Å². The average Bonchev–Trinajstić information content (AvgIpc) is 2.13. The molecule has 7 heteroatoms. The number of hydrazine groups is 1. The molecule has 0 aromatic heterocycles. The van der Waals surface area contributed by atoms with E-state index in [2.05, 4.69) is 10.9 Å². The Kier molecular flexibility index (Phi) is 6.40. The van der Waals surface area contributed by atoms with Gasteiger partial charge < -0.3 is 9.69 Å². The Balaban J connectivity index is 3.88. The minimum atomic E-state index is -3.33. The lowest BCUT2D eigenvalue weighted by Gasteiger charge is -2.10. The summed E-state index contributed by atoms with van der Waals surface area (Å²) in [7, 11) is -1.80. The summed E-state index contributed by atoms with van der Waals surface area (Å²) in [5.74, 6) is -0.460. The van der Waals surface area contributed by atoms with E-state index < -0.39 is 7.37 Å². The Morgan fingerprint density at radius 3 is 2.27 bits per heavy atom. The van der Waals surface area contributed by atoms with E-state index in [4.69, 9.17) is 0 Å². The van der Waals surface area contributed by atoms with Crippen LogP contribution in [-0.2, 0) is 14.2 Å². The summed E-state index contributed by atoms with van der Waals surface area (Å²) < 4.78 is 11.4. The zero-order valence-corrected chi connectivity index (χ0v) is 9.84. The van der Waals surface area contributed by atoms with E-state index in [0.717, 1.165) is 0 Å². The molecule has 0 aromatic rings. The number of Topliss-reactive ketones (excluding diaryl/α,β-unsaturated/α-hetero) is 1. The van der Waals surface area contributed by atoms with Crippen LogP contribution in [0.15, 0.2) is 0 Å². The highest BCUT2D eigenvalue weighted by molar-refractivity contribution is 7.58. The zero-order chi connectivity index (χ0) is 11.9. The molecule has 3 N–H and O–H groups in total. The summed E-state index contributed by atoms with van der Waals surface area (Å²) in [5, 5.41) is 0. The van der Waals surface area contributed by atoms with Crippen LogP contribution in [0.1, 0.15) is 19.8 Å². The van der Waals surface area contributed by atoms with Gasteiger partial charge >= 0.3 is 0 Å². The van der Waals surface area contributed by atoms with Gasteiger partial charge in [0.2, 0.25) is 13.3 Å². The predicted octanol–water partition coefficient (Wildman–Crippen LogP) is -0.123. The standard InChI is InChI=1S/C8H17N2O4P/c1-7(11)3-5-15(13,14)6-4-8(12)10-9-2/h9H,3-6H2,1-2H3,(H,10,12)(H,13,14). The van der Waals surface area contributed by atoms with Crippen LogP contribution in [0.4, 0.5) is 0 Å². The third-order valence-electron chi connectivity index (χ3n) is 1.77. The van der Waals surface area contributed by atoms with Gasteiger partial charge in [-0.05, 0) is 6.92 Å². The molecule has 15 heavy (non-hydrogen) atoms.